The quantitative estimate of drug-likeness (QED) is 0.871. The van der Waals surface area contributed by atoms with Crippen molar-refractivity contribution in [2.75, 3.05) is 19.6 Å². The molecule has 0 amide bonds. The van der Waals surface area contributed by atoms with E-state index in [1.807, 2.05) is 6.92 Å². The van der Waals surface area contributed by atoms with Gasteiger partial charge in [0.2, 0.25) is 0 Å². The Labute approximate surface area is 132 Å². The molecule has 0 radical (unpaired) electrons. The summed E-state index contributed by atoms with van der Waals surface area (Å²) in [6.45, 7) is 11.3. The van der Waals surface area contributed by atoms with E-state index in [1.54, 1.807) is 0 Å². The normalized spacial score (nSPS) is 23.1. The zero-order valence-corrected chi connectivity index (χ0v) is 14.1. The second-order valence-corrected chi connectivity index (χ2v) is 7.24. The van der Waals surface area contributed by atoms with E-state index in [2.05, 4.69) is 48.9 Å². The lowest BCUT2D eigenvalue weighted by molar-refractivity contribution is 0.0850. The Hall–Kier alpha value is -1.61. The number of piperidine rings is 1. The molecule has 22 heavy (non-hydrogen) atoms. The van der Waals surface area contributed by atoms with E-state index in [4.69, 9.17) is 0 Å². The molecular formula is C19H26N2O. The van der Waals surface area contributed by atoms with E-state index >= 15 is 0 Å². The molecule has 2 aromatic rings. The highest BCUT2D eigenvalue weighted by Crippen LogP contribution is 2.25. The predicted octanol–water partition coefficient (Wildman–Crippen LogP) is 3.95. The highest BCUT2D eigenvalue weighted by molar-refractivity contribution is 6.10. The number of aromatic nitrogens is 1. The summed E-state index contributed by atoms with van der Waals surface area (Å²) in [6.07, 6.45) is 1.27. The van der Waals surface area contributed by atoms with Crippen molar-refractivity contribution < 1.29 is 4.79 Å². The Kier molecular flexibility index (Phi) is 4.09. The summed E-state index contributed by atoms with van der Waals surface area (Å²) in [5.74, 6) is 1.61. The van der Waals surface area contributed by atoms with Crippen molar-refractivity contribution in [2.24, 2.45) is 11.8 Å². The summed E-state index contributed by atoms with van der Waals surface area (Å²) in [5, 5.41) is 1.06. The molecule has 3 nitrogen and oxygen atoms in total. The van der Waals surface area contributed by atoms with Gasteiger partial charge in [0.15, 0.2) is 5.78 Å². The number of nitrogens with zero attached hydrogens (tertiary/aromatic N) is 1. The Balaban J connectivity index is 1.84. The van der Waals surface area contributed by atoms with Crippen molar-refractivity contribution >= 4 is 16.7 Å². The average molecular weight is 298 g/mol. The van der Waals surface area contributed by atoms with Gasteiger partial charge in [-0.25, -0.2) is 0 Å². The van der Waals surface area contributed by atoms with Gasteiger partial charge in [-0.05, 0) is 43.7 Å². The van der Waals surface area contributed by atoms with Crippen LogP contribution in [0.25, 0.3) is 10.9 Å². The smallest absolute Gasteiger partial charge is 0.179 e. The van der Waals surface area contributed by atoms with E-state index in [0.717, 1.165) is 35.2 Å². The molecule has 0 spiro atoms. The summed E-state index contributed by atoms with van der Waals surface area (Å²) in [5.41, 5.74) is 4.15. The Morgan fingerprint density at radius 3 is 2.59 bits per heavy atom. The predicted molar refractivity (Wildman–Crippen MR) is 91.5 cm³/mol. The molecule has 1 saturated heterocycles. The van der Waals surface area contributed by atoms with Crippen LogP contribution in [-0.2, 0) is 0 Å². The van der Waals surface area contributed by atoms with Crippen LogP contribution in [0.1, 0.15) is 41.9 Å². The number of nitrogens with one attached hydrogen (secondary N) is 1. The highest BCUT2D eigenvalue weighted by atomic mass is 16.1. The Morgan fingerprint density at radius 2 is 1.91 bits per heavy atom. The zero-order chi connectivity index (χ0) is 15.9. The van der Waals surface area contributed by atoms with E-state index in [0.29, 0.717) is 18.4 Å². The van der Waals surface area contributed by atoms with Crippen molar-refractivity contribution in [3.8, 4) is 0 Å². The fourth-order valence-electron chi connectivity index (χ4n) is 4.01. The molecule has 0 unspecified atom stereocenters. The van der Waals surface area contributed by atoms with Gasteiger partial charge in [-0.1, -0.05) is 26.0 Å². The topological polar surface area (TPSA) is 36.1 Å². The number of H-pyrrole nitrogens is 1. The molecule has 1 N–H and O–H groups in total. The van der Waals surface area contributed by atoms with E-state index < -0.39 is 0 Å². The van der Waals surface area contributed by atoms with Gasteiger partial charge in [0.1, 0.15) is 0 Å². The number of ketones is 1. The molecule has 2 heterocycles. The van der Waals surface area contributed by atoms with E-state index in [1.165, 1.54) is 12.0 Å². The van der Waals surface area contributed by atoms with Crippen LogP contribution in [0.2, 0.25) is 0 Å². The van der Waals surface area contributed by atoms with Gasteiger partial charge < -0.3 is 4.98 Å². The first kappa shape index (κ1) is 15.3. The third kappa shape index (κ3) is 2.95. The first-order valence-electron chi connectivity index (χ1n) is 8.28. The highest BCUT2D eigenvalue weighted by Gasteiger charge is 2.25. The lowest BCUT2D eigenvalue weighted by Gasteiger charge is -2.34. The number of aryl methyl sites for hydroxylation is 2. The number of Topliss-reactive ketones (excluding diaryl/α,β-unsaturated/α-hetero) is 1. The van der Waals surface area contributed by atoms with Crippen LogP contribution in [0.5, 0.6) is 0 Å². The van der Waals surface area contributed by atoms with Crippen molar-refractivity contribution in [2.45, 2.75) is 34.1 Å². The fraction of sp³-hybridized carbons (Fsp3) is 0.526. The molecule has 1 aliphatic rings. The molecule has 1 aromatic heterocycles. The summed E-state index contributed by atoms with van der Waals surface area (Å²) in [4.78, 5) is 18.5. The number of aromatic amines is 1. The summed E-state index contributed by atoms with van der Waals surface area (Å²) in [6, 6.07) is 6.27. The maximum Gasteiger partial charge on any atom is 0.179 e. The van der Waals surface area contributed by atoms with Gasteiger partial charge in [0.25, 0.3) is 0 Å². The molecular weight excluding hydrogens is 272 g/mol. The standard InChI is InChI=1S/C19H26N2O/c1-12-5-6-16-17(8-12)20-15(4)19(16)18(22)11-21-9-13(2)7-14(3)10-21/h5-6,8,13-14,20H,7,9-11H2,1-4H3/t13-,14-/m0/s1. The first-order valence-corrected chi connectivity index (χ1v) is 8.28. The number of carbonyl (C=O) groups excluding carboxylic acids is 1. The zero-order valence-electron chi connectivity index (χ0n) is 14.1. The minimum Gasteiger partial charge on any atom is -0.358 e. The van der Waals surface area contributed by atoms with Crippen LogP contribution in [0, 0.1) is 25.7 Å². The van der Waals surface area contributed by atoms with Crippen LogP contribution in [-0.4, -0.2) is 35.3 Å². The molecule has 1 aliphatic heterocycles. The molecule has 2 atom stereocenters. The van der Waals surface area contributed by atoms with Crippen molar-refractivity contribution in [3.05, 3.63) is 35.0 Å². The maximum absolute atomic E-state index is 12.8. The number of likely N-dealkylation sites (tertiary alicyclic amines) is 1. The third-order valence-corrected chi connectivity index (χ3v) is 4.73. The van der Waals surface area contributed by atoms with Crippen molar-refractivity contribution in [1.82, 2.24) is 9.88 Å². The number of benzene rings is 1. The molecule has 0 bridgehead atoms. The second kappa shape index (κ2) is 5.88. The molecule has 118 valence electrons. The van der Waals surface area contributed by atoms with Crippen LogP contribution >= 0.6 is 0 Å². The van der Waals surface area contributed by atoms with Gasteiger partial charge in [0, 0.05) is 35.2 Å². The lowest BCUT2D eigenvalue weighted by atomic mass is 9.91. The van der Waals surface area contributed by atoms with Gasteiger partial charge in [-0.15, -0.1) is 0 Å². The van der Waals surface area contributed by atoms with Gasteiger partial charge in [0.05, 0.1) is 6.54 Å². The minimum absolute atomic E-state index is 0.244. The molecule has 3 heteroatoms. The van der Waals surface area contributed by atoms with Crippen molar-refractivity contribution in [3.63, 3.8) is 0 Å². The van der Waals surface area contributed by atoms with Crippen LogP contribution in [0.3, 0.4) is 0 Å². The fourth-order valence-corrected chi connectivity index (χ4v) is 4.01. The molecule has 0 saturated carbocycles. The van der Waals surface area contributed by atoms with Crippen molar-refractivity contribution in [1.29, 1.82) is 0 Å². The Bertz CT molecular complexity index is 691. The summed E-state index contributed by atoms with van der Waals surface area (Å²) >= 11 is 0. The molecule has 1 aromatic carbocycles. The number of hydrogen-bond donors (Lipinski definition) is 1. The number of carbonyl (C=O) groups is 1. The maximum atomic E-state index is 12.8. The SMILES string of the molecule is Cc1ccc2c(C(=O)CN3C[C@@H](C)C[C@H](C)C3)c(C)[nH]c2c1. The number of fused-ring (bicyclic) bond motifs is 1. The molecule has 0 aliphatic carbocycles. The summed E-state index contributed by atoms with van der Waals surface area (Å²) in [7, 11) is 0. The largest absolute Gasteiger partial charge is 0.358 e. The van der Waals surface area contributed by atoms with Gasteiger partial charge >= 0.3 is 0 Å². The average Bonchev–Trinajstić information content (AvgIpc) is 2.72. The molecule has 1 fully saturated rings. The number of rotatable bonds is 3. The number of hydrogen-bond acceptors (Lipinski definition) is 2. The minimum atomic E-state index is 0.244. The van der Waals surface area contributed by atoms with E-state index in [-0.39, 0.29) is 5.78 Å². The van der Waals surface area contributed by atoms with Gasteiger partial charge in [-0.2, -0.15) is 0 Å². The van der Waals surface area contributed by atoms with Crippen LogP contribution in [0.15, 0.2) is 18.2 Å². The lowest BCUT2D eigenvalue weighted by Crippen LogP contribution is -2.41. The summed E-state index contributed by atoms with van der Waals surface area (Å²) < 4.78 is 0. The second-order valence-electron chi connectivity index (χ2n) is 7.24. The monoisotopic (exact) mass is 298 g/mol. The van der Waals surface area contributed by atoms with Gasteiger partial charge in [-0.3, -0.25) is 9.69 Å². The van der Waals surface area contributed by atoms with Crippen LogP contribution < -0.4 is 0 Å². The molecule has 3 rings (SSSR count). The Morgan fingerprint density at radius 1 is 1.23 bits per heavy atom. The third-order valence-electron chi connectivity index (χ3n) is 4.73. The van der Waals surface area contributed by atoms with E-state index in [9.17, 15) is 4.79 Å². The first-order chi connectivity index (χ1) is 10.4. The van der Waals surface area contributed by atoms with Crippen LogP contribution in [0.4, 0.5) is 0 Å².